The first-order valence-corrected chi connectivity index (χ1v) is 11.9. The minimum absolute atomic E-state index is 0.136. The molecule has 3 heterocycles. The number of rotatable bonds is 5. The van der Waals surface area contributed by atoms with Crippen molar-refractivity contribution in [1.29, 1.82) is 0 Å². The molecule has 1 aliphatic carbocycles. The summed E-state index contributed by atoms with van der Waals surface area (Å²) >= 11 is 0. The van der Waals surface area contributed by atoms with Crippen molar-refractivity contribution in [2.45, 2.75) is 70.5 Å². The minimum atomic E-state index is -1.11. The number of furan rings is 1. The molecule has 33 heavy (non-hydrogen) atoms. The third kappa shape index (κ3) is 3.86. The first-order chi connectivity index (χ1) is 16.0. The molecular formula is C26H30N4O3. The Hall–Kier alpha value is -3.35. The summed E-state index contributed by atoms with van der Waals surface area (Å²) in [7, 11) is 0. The Morgan fingerprint density at radius 1 is 1.18 bits per heavy atom. The van der Waals surface area contributed by atoms with Gasteiger partial charge in [-0.15, -0.1) is 0 Å². The standard InChI is InChI=1S/C26H30N4O3/c1-3-18-11-13-20(14-12-18)30-24(31)22-16-21(23-10-7-15-33-23)28-29(22)17-26(30,2)25(32)27-19-8-5-4-6-9-19/h7,10-16,19H,3-6,8-9,17H2,1-2H3,(H,27,32)/t26-/m0/s1. The molecule has 1 atom stereocenters. The molecule has 2 aliphatic rings. The summed E-state index contributed by atoms with van der Waals surface area (Å²) in [5.74, 6) is 0.219. The summed E-state index contributed by atoms with van der Waals surface area (Å²) in [6.45, 7) is 4.20. The smallest absolute Gasteiger partial charge is 0.277 e. The van der Waals surface area contributed by atoms with E-state index in [1.54, 1.807) is 28.0 Å². The van der Waals surface area contributed by atoms with Crippen LogP contribution in [-0.4, -0.2) is 33.2 Å². The van der Waals surface area contributed by atoms with Crippen LogP contribution in [0.15, 0.2) is 53.1 Å². The number of carbonyl (C=O) groups is 2. The van der Waals surface area contributed by atoms with Crippen molar-refractivity contribution in [3.63, 3.8) is 0 Å². The van der Waals surface area contributed by atoms with E-state index < -0.39 is 5.54 Å². The molecule has 1 fully saturated rings. The van der Waals surface area contributed by atoms with E-state index in [0.29, 0.717) is 22.8 Å². The van der Waals surface area contributed by atoms with E-state index in [2.05, 4.69) is 17.3 Å². The molecule has 7 nitrogen and oxygen atoms in total. The lowest BCUT2D eigenvalue weighted by Crippen LogP contribution is -2.65. The maximum absolute atomic E-state index is 13.8. The number of hydrogen-bond donors (Lipinski definition) is 1. The van der Waals surface area contributed by atoms with E-state index >= 15 is 0 Å². The van der Waals surface area contributed by atoms with Crippen molar-refractivity contribution in [3.05, 3.63) is 60.0 Å². The van der Waals surface area contributed by atoms with Crippen LogP contribution in [0.4, 0.5) is 5.69 Å². The van der Waals surface area contributed by atoms with Crippen molar-refractivity contribution in [3.8, 4) is 11.5 Å². The summed E-state index contributed by atoms with van der Waals surface area (Å²) in [5.41, 5.74) is 1.82. The van der Waals surface area contributed by atoms with Crippen LogP contribution < -0.4 is 10.2 Å². The molecular weight excluding hydrogens is 416 g/mol. The summed E-state index contributed by atoms with van der Waals surface area (Å²) in [6.07, 6.45) is 7.92. The van der Waals surface area contributed by atoms with Gasteiger partial charge in [-0.1, -0.05) is 38.3 Å². The van der Waals surface area contributed by atoms with E-state index in [0.717, 1.165) is 32.1 Å². The van der Waals surface area contributed by atoms with Gasteiger partial charge >= 0.3 is 0 Å². The van der Waals surface area contributed by atoms with Crippen LogP contribution in [0.2, 0.25) is 0 Å². The molecule has 7 heteroatoms. The number of carbonyl (C=O) groups excluding carboxylic acids is 2. The molecule has 0 saturated heterocycles. The van der Waals surface area contributed by atoms with Crippen molar-refractivity contribution < 1.29 is 14.0 Å². The van der Waals surface area contributed by atoms with E-state index in [-0.39, 0.29) is 24.4 Å². The van der Waals surface area contributed by atoms with Crippen LogP contribution in [0.1, 0.15) is 62.0 Å². The van der Waals surface area contributed by atoms with Gasteiger partial charge in [-0.25, -0.2) is 0 Å². The van der Waals surface area contributed by atoms with E-state index in [9.17, 15) is 9.59 Å². The Bertz CT molecular complexity index is 1140. The number of aromatic nitrogens is 2. The van der Waals surface area contributed by atoms with Gasteiger partial charge in [0, 0.05) is 17.8 Å². The number of aryl methyl sites for hydroxylation is 1. The topological polar surface area (TPSA) is 80.4 Å². The van der Waals surface area contributed by atoms with Crippen LogP contribution in [0, 0.1) is 0 Å². The Kier molecular flexibility index (Phi) is 5.56. The fourth-order valence-corrected chi connectivity index (χ4v) is 5.00. The first kappa shape index (κ1) is 21.5. The van der Waals surface area contributed by atoms with Gasteiger partial charge in [0.25, 0.3) is 5.91 Å². The van der Waals surface area contributed by atoms with Gasteiger partial charge in [0.1, 0.15) is 16.9 Å². The van der Waals surface area contributed by atoms with Crippen molar-refractivity contribution in [2.24, 2.45) is 0 Å². The van der Waals surface area contributed by atoms with E-state index in [1.807, 2.05) is 37.3 Å². The van der Waals surface area contributed by atoms with E-state index in [1.165, 1.54) is 12.0 Å². The van der Waals surface area contributed by atoms with Crippen LogP contribution in [0.25, 0.3) is 11.5 Å². The minimum Gasteiger partial charge on any atom is -0.463 e. The molecule has 1 aromatic carbocycles. The van der Waals surface area contributed by atoms with Gasteiger partial charge in [-0.05, 0) is 56.0 Å². The number of anilines is 1. The largest absolute Gasteiger partial charge is 0.463 e. The second-order valence-corrected chi connectivity index (χ2v) is 9.29. The summed E-state index contributed by atoms with van der Waals surface area (Å²) < 4.78 is 7.14. The van der Waals surface area contributed by atoms with Gasteiger partial charge in [0.2, 0.25) is 5.91 Å². The third-order valence-corrected chi connectivity index (χ3v) is 6.96. The fourth-order valence-electron chi connectivity index (χ4n) is 5.00. The fraction of sp³-hybridized carbons (Fsp3) is 0.423. The summed E-state index contributed by atoms with van der Waals surface area (Å²) in [6, 6.07) is 13.4. The zero-order valence-corrected chi connectivity index (χ0v) is 19.2. The first-order valence-electron chi connectivity index (χ1n) is 11.9. The number of nitrogens with one attached hydrogen (secondary N) is 1. The zero-order valence-electron chi connectivity index (χ0n) is 19.2. The van der Waals surface area contributed by atoms with Crippen molar-refractivity contribution in [1.82, 2.24) is 15.1 Å². The predicted molar refractivity (Wildman–Crippen MR) is 126 cm³/mol. The van der Waals surface area contributed by atoms with Gasteiger partial charge in [-0.3, -0.25) is 19.2 Å². The second-order valence-electron chi connectivity index (χ2n) is 9.29. The Morgan fingerprint density at radius 3 is 2.61 bits per heavy atom. The predicted octanol–water partition coefficient (Wildman–Crippen LogP) is 4.57. The number of hydrogen-bond acceptors (Lipinski definition) is 4. The van der Waals surface area contributed by atoms with Gasteiger partial charge in [0.15, 0.2) is 5.76 Å². The summed E-state index contributed by atoms with van der Waals surface area (Å²) in [4.78, 5) is 29.2. The Balaban J connectivity index is 1.55. The van der Waals surface area contributed by atoms with Crippen LogP contribution in [0.5, 0.6) is 0 Å². The second kappa shape index (κ2) is 8.54. The number of fused-ring (bicyclic) bond motifs is 1. The van der Waals surface area contributed by atoms with Crippen LogP contribution >= 0.6 is 0 Å². The average Bonchev–Trinajstić information content (AvgIpc) is 3.50. The highest BCUT2D eigenvalue weighted by Gasteiger charge is 2.49. The third-order valence-electron chi connectivity index (χ3n) is 6.96. The Labute approximate surface area is 193 Å². The van der Waals surface area contributed by atoms with Gasteiger partial charge < -0.3 is 9.73 Å². The molecule has 0 unspecified atom stereocenters. The SMILES string of the molecule is CCc1ccc(N2C(=O)c3cc(-c4ccco4)nn3C[C@@]2(C)C(=O)NC2CCCCC2)cc1. The van der Waals surface area contributed by atoms with Crippen molar-refractivity contribution >= 4 is 17.5 Å². The molecule has 1 aliphatic heterocycles. The lowest BCUT2D eigenvalue weighted by molar-refractivity contribution is -0.127. The van der Waals surface area contributed by atoms with Crippen LogP contribution in [0.3, 0.4) is 0 Å². The molecule has 172 valence electrons. The molecule has 1 N–H and O–H groups in total. The lowest BCUT2D eigenvalue weighted by atomic mass is 9.91. The average molecular weight is 447 g/mol. The number of amides is 2. The van der Waals surface area contributed by atoms with Gasteiger partial charge in [0.05, 0.1) is 12.8 Å². The molecule has 1 saturated carbocycles. The number of nitrogens with zero attached hydrogens (tertiary/aromatic N) is 3. The maximum atomic E-state index is 13.8. The molecule has 5 rings (SSSR count). The molecule has 2 aromatic heterocycles. The highest BCUT2D eigenvalue weighted by Crippen LogP contribution is 2.35. The van der Waals surface area contributed by atoms with Crippen molar-refractivity contribution in [2.75, 3.05) is 4.90 Å². The summed E-state index contributed by atoms with van der Waals surface area (Å²) in [5, 5.41) is 7.86. The van der Waals surface area contributed by atoms with Gasteiger partial charge in [-0.2, -0.15) is 5.10 Å². The maximum Gasteiger partial charge on any atom is 0.277 e. The molecule has 0 radical (unpaired) electrons. The molecule has 0 spiro atoms. The normalized spacial score (nSPS) is 21.2. The molecule has 3 aromatic rings. The number of benzene rings is 1. The monoisotopic (exact) mass is 446 g/mol. The highest BCUT2D eigenvalue weighted by molar-refractivity contribution is 6.12. The highest BCUT2D eigenvalue weighted by atomic mass is 16.3. The Morgan fingerprint density at radius 2 is 1.94 bits per heavy atom. The molecule has 2 amide bonds. The van der Waals surface area contributed by atoms with E-state index in [4.69, 9.17) is 4.42 Å². The quantitative estimate of drug-likeness (QED) is 0.622. The molecule has 0 bridgehead atoms. The zero-order chi connectivity index (χ0) is 23.0. The van der Waals surface area contributed by atoms with Crippen LogP contribution in [-0.2, 0) is 17.8 Å². The lowest BCUT2D eigenvalue weighted by Gasteiger charge is -2.44.